The zero-order valence-corrected chi connectivity index (χ0v) is 11.7. The lowest BCUT2D eigenvalue weighted by Gasteiger charge is -2.08. The number of carbonyl (C=O) groups is 1. The van der Waals surface area contributed by atoms with Crippen LogP contribution in [-0.2, 0) is 17.8 Å². The Balaban J connectivity index is 2.21. The topological polar surface area (TPSA) is 41.1 Å². The van der Waals surface area contributed by atoms with Crippen LogP contribution in [0.1, 0.15) is 31.2 Å². The average Bonchev–Trinajstić information content (AvgIpc) is 2.74. The first-order valence-corrected chi connectivity index (χ1v) is 7.04. The minimum Gasteiger partial charge on any atom is -0.355 e. The molecule has 0 aliphatic heterocycles. The van der Waals surface area contributed by atoms with E-state index in [1.807, 2.05) is 0 Å². The highest BCUT2D eigenvalue weighted by Crippen LogP contribution is 2.16. The molecule has 0 saturated carbocycles. The summed E-state index contributed by atoms with van der Waals surface area (Å²) in [6.07, 6.45) is 1.06. The molecular formula is C13H22N2OS. The predicted octanol–water partition coefficient (Wildman–Crippen LogP) is 2.17. The monoisotopic (exact) mass is 254 g/mol. The first kappa shape index (κ1) is 14.2. The van der Waals surface area contributed by atoms with Crippen LogP contribution in [0.15, 0.2) is 11.4 Å². The molecule has 0 aliphatic carbocycles. The number of thiophene rings is 1. The summed E-state index contributed by atoms with van der Waals surface area (Å²) >= 11 is 1.75. The maximum absolute atomic E-state index is 11.5. The lowest BCUT2D eigenvalue weighted by atomic mass is 10.2. The molecule has 1 amide bonds. The summed E-state index contributed by atoms with van der Waals surface area (Å²) in [5, 5.41) is 8.18. The summed E-state index contributed by atoms with van der Waals surface area (Å²) in [5.74, 6) is 0.580. The van der Waals surface area contributed by atoms with Crippen molar-refractivity contribution in [1.29, 1.82) is 0 Å². The smallest absolute Gasteiger partial charge is 0.233 e. The minimum absolute atomic E-state index is 0.0771. The van der Waals surface area contributed by atoms with E-state index in [-0.39, 0.29) is 5.91 Å². The van der Waals surface area contributed by atoms with E-state index < -0.39 is 0 Å². The molecule has 0 fully saturated rings. The molecule has 0 radical (unpaired) electrons. The summed E-state index contributed by atoms with van der Waals surface area (Å²) in [5.41, 5.74) is 1.38. The number of amides is 1. The summed E-state index contributed by atoms with van der Waals surface area (Å²) in [4.78, 5) is 12.8. The number of hydrogen-bond donors (Lipinski definition) is 2. The van der Waals surface area contributed by atoms with Crippen molar-refractivity contribution in [2.24, 2.45) is 5.92 Å². The molecule has 2 N–H and O–H groups in total. The van der Waals surface area contributed by atoms with Gasteiger partial charge in [0.05, 0.1) is 6.54 Å². The van der Waals surface area contributed by atoms with Gasteiger partial charge in [0.2, 0.25) is 5.91 Å². The molecule has 4 heteroatoms. The van der Waals surface area contributed by atoms with Crippen LogP contribution in [0.5, 0.6) is 0 Å². The SMILES string of the molecule is CCc1ccsc1CNCC(=O)NCC(C)C. The first-order valence-electron chi connectivity index (χ1n) is 6.16. The number of carbonyl (C=O) groups excluding carboxylic acids is 1. The van der Waals surface area contributed by atoms with Gasteiger partial charge in [0.1, 0.15) is 0 Å². The summed E-state index contributed by atoms with van der Waals surface area (Å²) in [6, 6.07) is 2.15. The van der Waals surface area contributed by atoms with Crippen molar-refractivity contribution in [1.82, 2.24) is 10.6 Å². The zero-order valence-electron chi connectivity index (χ0n) is 10.9. The largest absolute Gasteiger partial charge is 0.355 e. The molecule has 0 aromatic carbocycles. The molecule has 0 bridgehead atoms. The van der Waals surface area contributed by atoms with Gasteiger partial charge in [0, 0.05) is 18.0 Å². The Morgan fingerprint density at radius 2 is 2.24 bits per heavy atom. The van der Waals surface area contributed by atoms with Crippen molar-refractivity contribution in [3.05, 3.63) is 21.9 Å². The molecule has 1 rings (SSSR count). The van der Waals surface area contributed by atoms with Crippen molar-refractivity contribution in [3.8, 4) is 0 Å². The van der Waals surface area contributed by atoms with E-state index in [1.54, 1.807) is 11.3 Å². The fraction of sp³-hybridized carbons (Fsp3) is 0.615. The standard InChI is InChI=1S/C13H22N2OS/c1-4-11-5-6-17-12(11)8-14-9-13(16)15-7-10(2)3/h5-6,10,14H,4,7-9H2,1-3H3,(H,15,16). The second kappa shape index (κ2) is 7.45. The fourth-order valence-electron chi connectivity index (χ4n) is 1.51. The van der Waals surface area contributed by atoms with Gasteiger partial charge in [-0.15, -0.1) is 11.3 Å². The quantitative estimate of drug-likeness (QED) is 0.783. The molecule has 1 aromatic heterocycles. The summed E-state index contributed by atoms with van der Waals surface area (Å²) in [7, 11) is 0. The molecule has 1 heterocycles. The van der Waals surface area contributed by atoms with Crippen LogP contribution >= 0.6 is 11.3 Å². The van der Waals surface area contributed by atoms with Crippen LogP contribution in [0.2, 0.25) is 0 Å². The van der Waals surface area contributed by atoms with Gasteiger partial charge in [-0.3, -0.25) is 4.79 Å². The minimum atomic E-state index is 0.0771. The van der Waals surface area contributed by atoms with E-state index in [2.05, 4.69) is 42.9 Å². The van der Waals surface area contributed by atoms with Gasteiger partial charge in [0.15, 0.2) is 0 Å². The Morgan fingerprint density at radius 1 is 1.47 bits per heavy atom. The van der Waals surface area contributed by atoms with E-state index in [4.69, 9.17) is 0 Å². The second-order valence-corrected chi connectivity index (χ2v) is 5.52. The molecule has 0 aliphatic rings. The van der Waals surface area contributed by atoms with Gasteiger partial charge in [-0.25, -0.2) is 0 Å². The number of hydrogen-bond acceptors (Lipinski definition) is 3. The van der Waals surface area contributed by atoms with Crippen LogP contribution in [0.25, 0.3) is 0 Å². The van der Waals surface area contributed by atoms with Crippen LogP contribution < -0.4 is 10.6 Å². The second-order valence-electron chi connectivity index (χ2n) is 4.52. The van der Waals surface area contributed by atoms with Gasteiger partial charge in [-0.1, -0.05) is 20.8 Å². The number of aryl methyl sites for hydroxylation is 1. The van der Waals surface area contributed by atoms with Crippen LogP contribution in [-0.4, -0.2) is 19.0 Å². The molecular weight excluding hydrogens is 232 g/mol. The van der Waals surface area contributed by atoms with Crippen molar-refractivity contribution < 1.29 is 4.79 Å². The first-order chi connectivity index (χ1) is 8.13. The molecule has 0 spiro atoms. The van der Waals surface area contributed by atoms with Crippen molar-refractivity contribution in [2.45, 2.75) is 33.7 Å². The third kappa shape index (κ3) is 5.33. The molecule has 3 nitrogen and oxygen atoms in total. The van der Waals surface area contributed by atoms with Crippen molar-refractivity contribution in [3.63, 3.8) is 0 Å². The van der Waals surface area contributed by atoms with E-state index in [9.17, 15) is 4.79 Å². The van der Waals surface area contributed by atoms with Gasteiger partial charge in [0.25, 0.3) is 0 Å². The summed E-state index contributed by atoms with van der Waals surface area (Å²) < 4.78 is 0. The predicted molar refractivity (Wildman–Crippen MR) is 73.3 cm³/mol. The maximum Gasteiger partial charge on any atom is 0.233 e. The van der Waals surface area contributed by atoms with Gasteiger partial charge < -0.3 is 10.6 Å². The Bertz CT molecular complexity index is 347. The van der Waals surface area contributed by atoms with E-state index in [0.717, 1.165) is 19.5 Å². The third-order valence-corrected chi connectivity index (χ3v) is 3.46. The normalized spacial score (nSPS) is 10.8. The highest BCUT2D eigenvalue weighted by Gasteiger charge is 2.04. The molecule has 0 atom stereocenters. The van der Waals surface area contributed by atoms with Gasteiger partial charge in [-0.05, 0) is 29.3 Å². The van der Waals surface area contributed by atoms with E-state index in [0.29, 0.717) is 12.5 Å². The molecule has 0 unspecified atom stereocenters. The lowest BCUT2D eigenvalue weighted by molar-refractivity contribution is -0.120. The van der Waals surface area contributed by atoms with E-state index >= 15 is 0 Å². The fourth-order valence-corrected chi connectivity index (χ4v) is 2.45. The highest BCUT2D eigenvalue weighted by atomic mass is 32.1. The van der Waals surface area contributed by atoms with Crippen LogP contribution in [0, 0.1) is 5.92 Å². The number of nitrogens with one attached hydrogen (secondary N) is 2. The van der Waals surface area contributed by atoms with Crippen molar-refractivity contribution in [2.75, 3.05) is 13.1 Å². The van der Waals surface area contributed by atoms with Crippen molar-refractivity contribution >= 4 is 17.2 Å². The third-order valence-electron chi connectivity index (χ3n) is 2.50. The van der Waals surface area contributed by atoms with Gasteiger partial charge >= 0.3 is 0 Å². The lowest BCUT2D eigenvalue weighted by Crippen LogP contribution is -2.35. The zero-order chi connectivity index (χ0) is 12.7. The highest BCUT2D eigenvalue weighted by molar-refractivity contribution is 7.10. The van der Waals surface area contributed by atoms with Crippen LogP contribution in [0.3, 0.4) is 0 Å². The molecule has 17 heavy (non-hydrogen) atoms. The van der Waals surface area contributed by atoms with E-state index in [1.165, 1.54) is 10.4 Å². The maximum atomic E-state index is 11.5. The summed E-state index contributed by atoms with van der Waals surface area (Å²) in [6.45, 7) is 8.27. The average molecular weight is 254 g/mol. The molecule has 96 valence electrons. The Morgan fingerprint density at radius 3 is 2.88 bits per heavy atom. The Labute approximate surface area is 108 Å². The molecule has 1 aromatic rings. The van der Waals surface area contributed by atoms with Crippen LogP contribution in [0.4, 0.5) is 0 Å². The molecule has 0 saturated heterocycles. The Hall–Kier alpha value is -0.870. The van der Waals surface area contributed by atoms with Gasteiger partial charge in [-0.2, -0.15) is 0 Å². The Kier molecular flexibility index (Phi) is 6.22. The number of rotatable bonds is 7.